The van der Waals surface area contributed by atoms with Crippen LogP contribution in [0.2, 0.25) is 0 Å². The number of hydrogen-bond donors (Lipinski definition) is 2. The lowest BCUT2D eigenvalue weighted by molar-refractivity contribution is -0.124. The molecule has 0 aliphatic carbocycles. The third kappa shape index (κ3) is 2.68. The van der Waals surface area contributed by atoms with E-state index >= 15 is 0 Å². The summed E-state index contributed by atoms with van der Waals surface area (Å²) >= 11 is 0. The summed E-state index contributed by atoms with van der Waals surface area (Å²) in [5.74, 6) is -1.17. The summed E-state index contributed by atoms with van der Waals surface area (Å²) in [4.78, 5) is 28.5. The number of nitrogens with zero attached hydrogens (tertiary/aromatic N) is 2. The maximum atomic E-state index is 13.2. The lowest BCUT2D eigenvalue weighted by Gasteiger charge is -2.42. The molecule has 2 aliphatic heterocycles. The molecule has 3 heterocycles. The molecular formula is C14H16FN3O3. The van der Waals surface area contributed by atoms with Gasteiger partial charge in [0.05, 0.1) is 6.20 Å². The maximum Gasteiger partial charge on any atom is 0.339 e. The van der Waals surface area contributed by atoms with Crippen molar-refractivity contribution < 1.29 is 19.1 Å². The van der Waals surface area contributed by atoms with E-state index in [1.807, 2.05) is 4.90 Å². The molecule has 0 saturated carbocycles. The van der Waals surface area contributed by atoms with E-state index in [0.29, 0.717) is 25.3 Å². The monoisotopic (exact) mass is 293 g/mol. The van der Waals surface area contributed by atoms with Crippen molar-refractivity contribution in [2.75, 3.05) is 18.0 Å². The van der Waals surface area contributed by atoms with Crippen LogP contribution in [0.1, 0.15) is 29.6 Å². The van der Waals surface area contributed by atoms with Gasteiger partial charge in [-0.05, 0) is 24.8 Å². The largest absolute Gasteiger partial charge is 0.478 e. The maximum absolute atomic E-state index is 13.2. The second-order valence-corrected chi connectivity index (χ2v) is 5.54. The lowest BCUT2D eigenvalue weighted by Crippen LogP contribution is -2.54. The van der Waals surface area contributed by atoms with E-state index in [4.69, 9.17) is 0 Å². The van der Waals surface area contributed by atoms with E-state index in [1.165, 1.54) is 0 Å². The molecule has 0 bridgehead atoms. The van der Waals surface area contributed by atoms with Crippen molar-refractivity contribution in [3.05, 3.63) is 23.6 Å². The second kappa shape index (κ2) is 5.31. The Bertz CT molecular complexity index is 593. The minimum Gasteiger partial charge on any atom is -0.478 e. The van der Waals surface area contributed by atoms with Crippen molar-refractivity contribution >= 4 is 17.7 Å². The predicted octanol–water partition coefficient (Wildman–Crippen LogP) is 1.02. The van der Waals surface area contributed by atoms with Gasteiger partial charge in [-0.15, -0.1) is 0 Å². The number of rotatable bonds is 2. The standard InChI is InChI=1S/C14H16FN3O3/c15-9-5-10(14(20)21)13(16-6-9)18-4-3-11-8(7-18)1-2-12(19)17-11/h5-6,8,11H,1-4,7H2,(H,17,19)(H,20,21). The first kappa shape index (κ1) is 13.8. The number of piperidine rings is 2. The van der Waals surface area contributed by atoms with E-state index in [9.17, 15) is 19.1 Å². The zero-order valence-corrected chi connectivity index (χ0v) is 11.4. The number of pyridine rings is 1. The van der Waals surface area contributed by atoms with Gasteiger partial charge < -0.3 is 15.3 Å². The summed E-state index contributed by atoms with van der Waals surface area (Å²) in [5.41, 5.74) is -0.117. The summed E-state index contributed by atoms with van der Waals surface area (Å²) < 4.78 is 13.2. The highest BCUT2D eigenvalue weighted by Crippen LogP contribution is 2.29. The number of halogens is 1. The third-order valence-electron chi connectivity index (χ3n) is 4.19. The average Bonchev–Trinajstić information content (AvgIpc) is 2.46. The van der Waals surface area contributed by atoms with Crippen molar-refractivity contribution in [1.29, 1.82) is 0 Å². The number of nitrogens with one attached hydrogen (secondary N) is 1. The normalized spacial score (nSPS) is 25.2. The van der Waals surface area contributed by atoms with Crippen LogP contribution in [0, 0.1) is 11.7 Å². The van der Waals surface area contributed by atoms with Gasteiger partial charge in [-0.25, -0.2) is 14.2 Å². The number of amides is 1. The van der Waals surface area contributed by atoms with E-state index in [0.717, 1.165) is 25.1 Å². The highest BCUT2D eigenvalue weighted by Gasteiger charge is 2.35. The Kier molecular flexibility index (Phi) is 3.48. The molecule has 6 nitrogen and oxygen atoms in total. The van der Waals surface area contributed by atoms with Gasteiger partial charge >= 0.3 is 5.97 Å². The van der Waals surface area contributed by atoms with Crippen molar-refractivity contribution in [3.63, 3.8) is 0 Å². The van der Waals surface area contributed by atoms with E-state index in [-0.39, 0.29) is 23.4 Å². The first-order chi connectivity index (χ1) is 10.0. The molecule has 7 heteroatoms. The highest BCUT2D eigenvalue weighted by atomic mass is 19.1. The molecule has 2 N–H and O–H groups in total. The molecule has 1 aromatic heterocycles. The summed E-state index contributed by atoms with van der Waals surface area (Å²) in [6, 6.07) is 1.15. The summed E-state index contributed by atoms with van der Waals surface area (Å²) in [6.07, 6.45) is 3.07. The minimum atomic E-state index is -1.18. The molecule has 3 rings (SSSR count). The van der Waals surface area contributed by atoms with Crippen LogP contribution in [-0.4, -0.2) is 41.1 Å². The van der Waals surface area contributed by atoms with Crippen LogP contribution < -0.4 is 10.2 Å². The second-order valence-electron chi connectivity index (χ2n) is 5.54. The minimum absolute atomic E-state index is 0.0795. The van der Waals surface area contributed by atoms with Gasteiger partial charge in [0.2, 0.25) is 5.91 Å². The van der Waals surface area contributed by atoms with Crippen molar-refractivity contribution in [3.8, 4) is 0 Å². The van der Waals surface area contributed by atoms with Gasteiger partial charge in [0, 0.05) is 25.6 Å². The molecule has 112 valence electrons. The Morgan fingerprint density at radius 3 is 3.05 bits per heavy atom. The molecule has 2 fully saturated rings. The zero-order valence-electron chi connectivity index (χ0n) is 11.4. The molecule has 0 radical (unpaired) electrons. The molecule has 1 aromatic rings. The van der Waals surface area contributed by atoms with Gasteiger partial charge in [-0.1, -0.05) is 0 Å². The average molecular weight is 293 g/mol. The molecule has 1 amide bonds. The molecule has 2 unspecified atom stereocenters. The SMILES string of the molecule is O=C1CCC2CN(c3ncc(F)cc3C(=O)O)CCC2N1. The fraction of sp³-hybridized carbons (Fsp3) is 0.500. The Hall–Kier alpha value is -2.18. The van der Waals surface area contributed by atoms with Gasteiger partial charge in [0.25, 0.3) is 0 Å². The number of carbonyl (C=O) groups excluding carboxylic acids is 1. The molecule has 0 aromatic carbocycles. The molecule has 2 aliphatic rings. The number of hydrogen-bond acceptors (Lipinski definition) is 4. The molecule has 2 saturated heterocycles. The van der Waals surface area contributed by atoms with Crippen molar-refractivity contribution in [2.24, 2.45) is 5.92 Å². The van der Waals surface area contributed by atoms with Crippen LogP contribution >= 0.6 is 0 Å². The van der Waals surface area contributed by atoms with Crippen LogP contribution in [0.5, 0.6) is 0 Å². The Labute approximate surface area is 121 Å². The first-order valence-electron chi connectivity index (χ1n) is 6.98. The summed E-state index contributed by atoms with van der Waals surface area (Å²) in [7, 11) is 0. The van der Waals surface area contributed by atoms with E-state index < -0.39 is 11.8 Å². The summed E-state index contributed by atoms with van der Waals surface area (Å²) in [5, 5.41) is 12.2. The fourth-order valence-corrected chi connectivity index (χ4v) is 3.14. The van der Waals surface area contributed by atoms with Gasteiger partial charge in [-0.3, -0.25) is 4.79 Å². The third-order valence-corrected chi connectivity index (χ3v) is 4.19. The number of carboxylic acid groups (broad SMARTS) is 1. The number of carbonyl (C=O) groups is 2. The predicted molar refractivity (Wildman–Crippen MR) is 72.6 cm³/mol. The Balaban J connectivity index is 1.82. The Morgan fingerprint density at radius 2 is 2.29 bits per heavy atom. The number of aromatic nitrogens is 1. The lowest BCUT2D eigenvalue weighted by atomic mass is 9.85. The van der Waals surface area contributed by atoms with Crippen molar-refractivity contribution in [1.82, 2.24) is 10.3 Å². The molecule has 21 heavy (non-hydrogen) atoms. The smallest absolute Gasteiger partial charge is 0.339 e. The van der Waals surface area contributed by atoms with Crippen LogP contribution in [0.25, 0.3) is 0 Å². The fourth-order valence-electron chi connectivity index (χ4n) is 3.14. The number of carboxylic acids is 1. The van der Waals surface area contributed by atoms with E-state index in [2.05, 4.69) is 10.3 Å². The van der Waals surface area contributed by atoms with Gasteiger partial charge in [-0.2, -0.15) is 0 Å². The van der Waals surface area contributed by atoms with Crippen LogP contribution in [0.15, 0.2) is 12.3 Å². The van der Waals surface area contributed by atoms with Crippen LogP contribution in [-0.2, 0) is 4.79 Å². The van der Waals surface area contributed by atoms with Crippen molar-refractivity contribution in [2.45, 2.75) is 25.3 Å². The topological polar surface area (TPSA) is 82.5 Å². The summed E-state index contributed by atoms with van der Waals surface area (Å²) in [6.45, 7) is 1.23. The molecule has 0 spiro atoms. The van der Waals surface area contributed by atoms with Crippen LogP contribution in [0.3, 0.4) is 0 Å². The number of fused-ring (bicyclic) bond motifs is 1. The van der Waals surface area contributed by atoms with Gasteiger partial charge in [0.15, 0.2) is 0 Å². The Morgan fingerprint density at radius 1 is 1.48 bits per heavy atom. The number of aromatic carboxylic acids is 1. The quantitative estimate of drug-likeness (QED) is 0.851. The van der Waals surface area contributed by atoms with Gasteiger partial charge in [0.1, 0.15) is 17.2 Å². The first-order valence-corrected chi connectivity index (χ1v) is 6.98. The van der Waals surface area contributed by atoms with E-state index in [1.54, 1.807) is 0 Å². The number of anilines is 1. The highest BCUT2D eigenvalue weighted by molar-refractivity contribution is 5.93. The molecular weight excluding hydrogens is 277 g/mol. The molecule has 2 atom stereocenters. The zero-order chi connectivity index (χ0) is 15.0. The van der Waals surface area contributed by atoms with Crippen LogP contribution in [0.4, 0.5) is 10.2 Å².